The summed E-state index contributed by atoms with van der Waals surface area (Å²) in [7, 11) is 1.91. The Hall–Kier alpha value is -2.69. The first kappa shape index (κ1) is 12.3. The Balaban J connectivity index is 2.13. The Kier molecular flexibility index (Phi) is 2.95. The highest BCUT2D eigenvalue weighted by Gasteiger charge is 2.11. The van der Waals surface area contributed by atoms with Gasteiger partial charge in [0.05, 0.1) is 17.5 Å². The molecule has 5 heteroatoms. The van der Waals surface area contributed by atoms with Crippen LogP contribution in [0.5, 0.6) is 0 Å². The van der Waals surface area contributed by atoms with Crippen LogP contribution in [0.4, 0.5) is 0 Å². The number of aliphatic carboxylic acids is 1. The molecule has 1 aromatic carbocycles. The Morgan fingerprint density at radius 1 is 1.30 bits per heavy atom. The van der Waals surface area contributed by atoms with Crippen LogP contribution in [-0.4, -0.2) is 25.6 Å². The van der Waals surface area contributed by atoms with Crippen LogP contribution in [0.3, 0.4) is 0 Å². The normalized spacial score (nSPS) is 10.8. The van der Waals surface area contributed by atoms with E-state index in [1.165, 1.54) is 0 Å². The topological polar surface area (TPSA) is 68.0 Å². The number of carboxylic acid groups (broad SMARTS) is 1. The molecule has 1 N–H and O–H groups in total. The molecule has 0 saturated heterocycles. The molecule has 0 saturated carbocycles. The summed E-state index contributed by atoms with van der Waals surface area (Å²) in [6.07, 6.45) is 1.74. The van der Waals surface area contributed by atoms with Gasteiger partial charge in [-0.1, -0.05) is 12.1 Å². The summed E-state index contributed by atoms with van der Waals surface area (Å²) in [4.78, 5) is 19.6. The molecule has 100 valence electrons. The lowest BCUT2D eigenvalue weighted by Crippen LogP contribution is -2.00. The number of carbonyl (C=O) groups is 1. The number of aromatic nitrogens is 3. The Morgan fingerprint density at radius 2 is 2.15 bits per heavy atom. The second-order valence-corrected chi connectivity index (χ2v) is 4.60. The number of rotatable bonds is 3. The molecule has 0 atom stereocenters. The van der Waals surface area contributed by atoms with E-state index in [4.69, 9.17) is 5.11 Å². The first-order valence-corrected chi connectivity index (χ1v) is 6.23. The lowest BCUT2D eigenvalue weighted by molar-refractivity contribution is -0.136. The van der Waals surface area contributed by atoms with Gasteiger partial charge in [-0.15, -0.1) is 0 Å². The van der Waals surface area contributed by atoms with Crippen molar-refractivity contribution in [3.05, 3.63) is 48.2 Å². The molecule has 0 bridgehead atoms. The molecule has 5 nitrogen and oxygen atoms in total. The molecule has 3 aromatic rings. The van der Waals surface area contributed by atoms with Gasteiger partial charge in [-0.25, -0.2) is 4.98 Å². The van der Waals surface area contributed by atoms with E-state index in [0.717, 1.165) is 28.1 Å². The number of carboxylic acids is 1. The van der Waals surface area contributed by atoms with E-state index in [1.807, 2.05) is 41.9 Å². The maximum Gasteiger partial charge on any atom is 0.307 e. The van der Waals surface area contributed by atoms with Crippen LogP contribution >= 0.6 is 0 Å². The van der Waals surface area contributed by atoms with Gasteiger partial charge < -0.3 is 9.67 Å². The number of pyridine rings is 1. The highest BCUT2D eigenvalue weighted by molar-refractivity contribution is 5.82. The zero-order valence-corrected chi connectivity index (χ0v) is 10.9. The van der Waals surface area contributed by atoms with E-state index in [2.05, 4.69) is 9.97 Å². The minimum Gasteiger partial charge on any atom is -0.481 e. The van der Waals surface area contributed by atoms with E-state index in [0.29, 0.717) is 0 Å². The van der Waals surface area contributed by atoms with Crippen molar-refractivity contribution in [2.45, 2.75) is 6.42 Å². The summed E-state index contributed by atoms with van der Waals surface area (Å²) < 4.78 is 1.93. The Labute approximate surface area is 115 Å². The number of aryl methyl sites for hydroxylation is 1. The van der Waals surface area contributed by atoms with Crippen LogP contribution in [0.15, 0.2) is 42.6 Å². The van der Waals surface area contributed by atoms with Gasteiger partial charge in [0.2, 0.25) is 0 Å². The first-order chi connectivity index (χ1) is 9.65. The maximum absolute atomic E-state index is 10.8. The molecule has 2 heterocycles. The van der Waals surface area contributed by atoms with Crippen molar-refractivity contribution in [2.75, 3.05) is 0 Å². The molecule has 0 aliphatic carbocycles. The van der Waals surface area contributed by atoms with Gasteiger partial charge in [0.25, 0.3) is 0 Å². The molecule has 3 rings (SSSR count). The fourth-order valence-corrected chi connectivity index (χ4v) is 2.24. The SMILES string of the molecule is Cn1c(-c2ccccn2)nc2ccc(CC(=O)O)cc21. The van der Waals surface area contributed by atoms with Crippen molar-refractivity contribution in [3.8, 4) is 11.5 Å². The lowest BCUT2D eigenvalue weighted by atomic mass is 10.1. The quantitative estimate of drug-likeness (QED) is 0.790. The predicted octanol–water partition coefficient (Wildman–Crippen LogP) is 2.26. The molecule has 0 radical (unpaired) electrons. The molecule has 0 unspecified atom stereocenters. The molecule has 0 amide bonds. The minimum atomic E-state index is -0.837. The van der Waals surface area contributed by atoms with Gasteiger partial charge in [-0.05, 0) is 29.8 Å². The Bertz CT molecular complexity index is 778. The van der Waals surface area contributed by atoms with Crippen molar-refractivity contribution >= 4 is 17.0 Å². The fraction of sp³-hybridized carbons (Fsp3) is 0.133. The standard InChI is InChI=1S/C15H13N3O2/c1-18-13-8-10(9-14(19)20)5-6-11(13)17-15(18)12-4-2-3-7-16-12/h2-8H,9H2,1H3,(H,19,20). The largest absolute Gasteiger partial charge is 0.481 e. The van der Waals surface area contributed by atoms with Crippen LogP contribution in [0.1, 0.15) is 5.56 Å². The summed E-state index contributed by atoms with van der Waals surface area (Å²) in [5.41, 5.74) is 3.30. The number of hydrogen-bond donors (Lipinski definition) is 1. The van der Waals surface area contributed by atoms with Crippen LogP contribution in [-0.2, 0) is 18.3 Å². The highest BCUT2D eigenvalue weighted by atomic mass is 16.4. The molecule has 0 aliphatic rings. The van der Waals surface area contributed by atoms with Crippen LogP contribution in [0, 0.1) is 0 Å². The van der Waals surface area contributed by atoms with E-state index in [9.17, 15) is 4.79 Å². The highest BCUT2D eigenvalue weighted by Crippen LogP contribution is 2.23. The second-order valence-electron chi connectivity index (χ2n) is 4.60. The van der Waals surface area contributed by atoms with Gasteiger partial charge in [0.15, 0.2) is 5.82 Å². The first-order valence-electron chi connectivity index (χ1n) is 6.23. The third-order valence-electron chi connectivity index (χ3n) is 3.19. The monoisotopic (exact) mass is 267 g/mol. The van der Waals surface area contributed by atoms with Gasteiger partial charge >= 0.3 is 5.97 Å². The van der Waals surface area contributed by atoms with Gasteiger partial charge in [0, 0.05) is 13.2 Å². The zero-order valence-electron chi connectivity index (χ0n) is 10.9. The van der Waals surface area contributed by atoms with Crippen molar-refractivity contribution in [1.82, 2.24) is 14.5 Å². The third kappa shape index (κ3) is 2.14. The zero-order chi connectivity index (χ0) is 14.1. The number of nitrogens with zero attached hydrogens (tertiary/aromatic N) is 3. The summed E-state index contributed by atoms with van der Waals surface area (Å²) in [6, 6.07) is 11.2. The summed E-state index contributed by atoms with van der Waals surface area (Å²) >= 11 is 0. The molecule has 20 heavy (non-hydrogen) atoms. The lowest BCUT2D eigenvalue weighted by Gasteiger charge is -2.02. The number of benzene rings is 1. The van der Waals surface area contributed by atoms with Crippen molar-refractivity contribution in [2.24, 2.45) is 7.05 Å². The number of hydrogen-bond acceptors (Lipinski definition) is 3. The van der Waals surface area contributed by atoms with Crippen LogP contribution in [0.25, 0.3) is 22.6 Å². The smallest absolute Gasteiger partial charge is 0.307 e. The van der Waals surface area contributed by atoms with Gasteiger partial charge in [-0.2, -0.15) is 0 Å². The van der Waals surface area contributed by atoms with Gasteiger partial charge in [-0.3, -0.25) is 9.78 Å². The molecule has 0 fully saturated rings. The fourth-order valence-electron chi connectivity index (χ4n) is 2.24. The van der Waals surface area contributed by atoms with Crippen molar-refractivity contribution in [3.63, 3.8) is 0 Å². The van der Waals surface area contributed by atoms with E-state index < -0.39 is 5.97 Å². The average Bonchev–Trinajstić information content (AvgIpc) is 2.76. The van der Waals surface area contributed by atoms with E-state index in [1.54, 1.807) is 12.3 Å². The average molecular weight is 267 g/mol. The number of imidazole rings is 1. The molecule has 2 aromatic heterocycles. The second kappa shape index (κ2) is 4.77. The van der Waals surface area contributed by atoms with Crippen molar-refractivity contribution in [1.29, 1.82) is 0 Å². The maximum atomic E-state index is 10.8. The minimum absolute atomic E-state index is 0.0139. The molecule has 0 spiro atoms. The van der Waals surface area contributed by atoms with Gasteiger partial charge in [0.1, 0.15) is 5.69 Å². The molecular formula is C15H13N3O2. The third-order valence-corrected chi connectivity index (χ3v) is 3.19. The van der Waals surface area contributed by atoms with Crippen molar-refractivity contribution < 1.29 is 9.90 Å². The summed E-state index contributed by atoms with van der Waals surface area (Å²) in [5, 5.41) is 8.86. The number of fused-ring (bicyclic) bond motifs is 1. The van der Waals surface area contributed by atoms with E-state index >= 15 is 0 Å². The Morgan fingerprint density at radius 3 is 2.85 bits per heavy atom. The van der Waals surface area contributed by atoms with Crippen LogP contribution < -0.4 is 0 Å². The summed E-state index contributed by atoms with van der Waals surface area (Å²) in [5.74, 6) is -0.0652. The molecular weight excluding hydrogens is 254 g/mol. The van der Waals surface area contributed by atoms with Crippen LogP contribution in [0.2, 0.25) is 0 Å². The van der Waals surface area contributed by atoms with E-state index in [-0.39, 0.29) is 6.42 Å². The molecule has 0 aliphatic heterocycles. The predicted molar refractivity (Wildman–Crippen MR) is 75.3 cm³/mol. The summed E-state index contributed by atoms with van der Waals surface area (Å²) in [6.45, 7) is 0.